The van der Waals surface area contributed by atoms with Crippen LogP contribution in [0.15, 0.2) is 77.5 Å². The molecule has 2 N–H and O–H groups in total. The fourth-order valence-corrected chi connectivity index (χ4v) is 4.08. The molecular weight excluding hydrogens is 509 g/mol. The Kier molecular flexibility index (Phi) is 7.45. The number of hydrogen-bond donors (Lipinski definition) is 2. The summed E-state index contributed by atoms with van der Waals surface area (Å²) in [5.41, 5.74) is 3.24. The summed E-state index contributed by atoms with van der Waals surface area (Å²) in [6, 6.07) is 19.2. The van der Waals surface area contributed by atoms with E-state index >= 15 is 0 Å². The summed E-state index contributed by atoms with van der Waals surface area (Å²) in [6.45, 7) is 2.13. The summed E-state index contributed by atoms with van der Waals surface area (Å²) in [5, 5.41) is 6.66. The third-order valence-corrected chi connectivity index (χ3v) is 6.51. The second-order valence-electron chi connectivity index (χ2n) is 7.92. The zero-order chi connectivity index (χ0) is 25.1. The van der Waals surface area contributed by atoms with Crippen molar-refractivity contribution in [3.63, 3.8) is 0 Å². The van der Waals surface area contributed by atoms with Crippen molar-refractivity contribution in [3.8, 4) is 0 Å². The van der Waals surface area contributed by atoms with Crippen molar-refractivity contribution < 1.29 is 14.4 Å². The molecule has 0 saturated heterocycles. The number of anilines is 2. The zero-order valence-corrected chi connectivity index (χ0v) is 20.8. The van der Waals surface area contributed by atoms with E-state index in [0.717, 1.165) is 16.0 Å². The summed E-state index contributed by atoms with van der Waals surface area (Å²) in [5.74, 6) is -1.33. The molecule has 0 aromatic heterocycles. The van der Waals surface area contributed by atoms with Gasteiger partial charge in [-0.3, -0.25) is 14.4 Å². The summed E-state index contributed by atoms with van der Waals surface area (Å²) in [6.07, 6.45) is 0.191. The molecule has 1 heterocycles. The van der Waals surface area contributed by atoms with Crippen LogP contribution in [0.1, 0.15) is 16.7 Å². The molecule has 0 aliphatic carbocycles. The van der Waals surface area contributed by atoms with E-state index < -0.39 is 11.8 Å². The van der Waals surface area contributed by atoms with Crippen LogP contribution >= 0.6 is 34.8 Å². The molecule has 0 radical (unpaired) electrons. The molecule has 6 nitrogen and oxygen atoms in total. The van der Waals surface area contributed by atoms with Gasteiger partial charge in [0.25, 0.3) is 11.8 Å². The fourth-order valence-electron chi connectivity index (χ4n) is 3.57. The summed E-state index contributed by atoms with van der Waals surface area (Å²) in [7, 11) is 0. The van der Waals surface area contributed by atoms with Crippen LogP contribution in [0.3, 0.4) is 0 Å². The smallest absolute Gasteiger partial charge is 0.283 e. The molecule has 0 saturated carbocycles. The van der Waals surface area contributed by atoms with Gasteiger partial charge >= 0.3 is 0 Å². The van der Waals surface area contributed by atoms with Gasteiger partial charge in [0, 0.05) is 22.3 Å². The Labute approximate surface area is 217 Å². The highest BCUT2D eigenvalue weighted by molar-refractivity contribution is 6.53. The number of imide groups is 1. The van der Waals surface area contributed by atoms with Gasteiger partial charge in [0.05, 0.1) is 12.1 Å². The zero-order valence-electron chi connectivity index (χ0n) is 18.6. The maximum atomic E-state index is 13.0. The van der Waals surface area contributed by atoms with E-state index in [1.54, 1.807) is 61.5 Å². The predicted octanol–water partition coefficient (Wildman–Crippen LogP) is 5.60. The molecular formula is C26H20Cl3N3O3. The van der Waals surface area contributed by atoms with Gasteiger partial charge in [0.2, 0.25) is 5.91 Å². The van der Waals surface area contributed by atoms with Crippen molar-refractivity contribution in [2.75, 3.05) is 10.2 Å². The molecule has 3 aromatic rings. The van der Waals surface area contributed by atoms with Crippen molar-refractivity contribution in [1.82, 2.24) is 5.32 Å². The quantitative estimate of drug-likeness (QED) is 0.392. The molecule has 178 valence electrons. The first-order valence-electron chi connectivity index (χ1n) is 10.7. The van der Waals surface area contributed by atoms with Crippen LogP contribution in [0, 0.1) is 6.92 Å². The van der Waals surface area contributed by atoms with E-state index in [9.17, 15) is 14.4 Å². The molecule has 3 aromatic carbocycles. The van der Waals surface area contributed by atoms with Crippen LogP contribution in [0.25, 0.3) is 0 Å². The Morgan fingerprint density at radius 1 is 0.857 bits per heavy atom. The van der Waals surface area contributed by atoms with Crippen LogP contribution < -0.4 is 15.5 Å². The molecule has 3 amide bonds. The number of nitrogens with zero attached hydrogens (tertiary/aromatic N) is 1. The van der Waals surface area contributed by atoms with Crippen molar-refractivity contribution in [3.05, 3.63) is 104 Å². The lowest BCUT2D eigenvalue weighted by atomic mass is 10.1. The lowest BCUT2D eigenvalue weighted by Gasteiger charge is -2.18. The average Bonchev–Trinajstić information content (AvgIpc) is 3.05. The number of hydrogen-bond acceptors (Lipinski definition) is 4. The monoisotopic (exact) mass is 527 g/mol. The SMILES string of the molecule is Cc1c(Cl)cccc1N1C(=O)C(Cl)=C(Nc2ccc(CC(=O)NCc3ccc(Cl)cc3)cc2)C1=O. The summed E-state index contributed by atoms with van der Waals surface area (Å²) >= 11 is 18.2. The summed E-state index contributed by atoms with van der Waals surface area (Å²) in [4.78, 5) is 39.0. The van der Waals surface area contributed by atoms with E-state index in [-0.39, 0.29) is 23.1 Å². The standard InChI is InChI=1S/C26H20Cl3N3O3/c1-15-20(28)3-2-4-21(15)32-25(34)23(29)24(26(32)35)31-19-11-7-16(8-12-19)13-22(33)30-14-17-5-9-18(27)10-6-17/h2-12,31H,13-14H2,1H3,(H,30,33). The van der Waals surface area contributed by atoms with Gasteiger partial charge in [-0.25, -0.2) is 4.90 Å². The van der Waals surface area contributed by atoms with Crippen LogP contribution in [-0.2, 0) is 27.3 Å². The molecule has 0 fully saturated rings. The van der Waals surface area contributed by atoms with E-state index in [4.69, 9.17) is 34.8 Å². The highest BCUT2D eigenvalue weighted by Crippen LogP contribution is 2.34. The second kappa shape index (κ2) is 10.5. The molecule has 0 atom stereocenters. The first-order valence-corrected chi connectivity index (χ1v) is 11.8. The molecule has 1 aliphatic heterocycles. The minimum atomic E-state index is -0.626. The van der Waals surface area contributed by atoms with Gasteiger partial charge in [0.15, 0.2) is 0 Å². The van der Waals surface area contributed by atoms with Crippen LogP contribution in [0.5, 0.6) is 0 Å². The Morgan fingerprint density at radius 2 is 1.51 bits per heavy atom. The second-order valence-corrected chi connectivity index (χ2v) is 9.14. The third-order valence-electron chi connectivity index (χ3n) is 5.50. The molecule has 9 heteroatoms. The minimum absolute atomic E-state index is 0.0236. The van der Waals surface area contributed by atoms with E-state index in [0.29, 0.717) is 33.5 Å². The maximum absolute atomic E-state index is 13.0. The van der Waals surface area contributed by atoms with Crippen molar-refractivity contribution in [1.29, 1.82) is 0 Å². The lowest BCUT2D eigenvalue weighted by molar-refractivity contribution is -0.121. The first-order chi connectivity index (χ1) is 16.7. The van der Waals surface area contributed by atoms with E-state index in [1.807, 2.05) is 12.1 Å². The maximum Gasteiger partial charge on any atom is 0.283 e. The Hall–Kier alpha value is -3.32. The minimum Gasteiger partial charge on any atom is -0.352 e. The van der Waals surface area contributed by atoms with Crippen molar-refractivity contribution in [2.24, 2.45) is 0 Å². The Balaban J connectivity index is 1.39. The lowest BCUT2D eigenvalue weighted by Crippen LogP contribution is -2.32. The van der Waals surface area contributed by atoms with Gasteiger partial charge in [-0.1, -0.05) is 65.1 Å². The molecule has 0 spiro atoms. The normalized spacial score (nSPS) is 13.4. The van der Waals surface area contributed by atoms with Gasteiger partial charge in [-0.2, -0.15) is 0 Å². The predicted molar refractivity (Wildman–Crippen MR) is 139 cm³/mol. The summed E-state index contributed by atoms with van der Waals surface area (Å²) < 4.78 is 0. The van der Waals surface area contributed by atoms with E-state index in [2.05, 4.69) is 10.6 Å². The largest absolute Gasteiger partial charge is 0.352 e. The fraction of sp³-hybridized carbons (Fsp3) is 0.115. The van der Waals surface area contributed by atoms with Gasteiger partial charge < -0.3 is 10.6 Å². The number of rotatable bonds is 7. The van der Waals surface area contributed by atoms with Gasteiger partial charge in [0.1, 0.15) is 10.7 Å². The number of carbonyl (C=O) groups excluding carboxylic acids is 3. The number of carbonyl (C=O) groups is 3. The van der Waals surface area contributed by atoms with Gasteiger partial charge in [-0.15, -0.1) is 0 Å². The highest BCUT2D eigenvalue weighted by Gasteiger charge is 2.39. The Morgan fingerprint density at radius 3 is 2.20 bits per heavy atom. The number of nitrogens with one attached hydrogen (secondary N) is 2. The van der Waals surface area contributed by atoms with Gasteiger partial charge in [-0.05, 0) is 60.0 Å². The van der Waals surface area contributed by atoms with Crippen LogP contribution in [0.4, 0.5) is 11.4 Å². The third kappa shape index (κ3) is 5.51. The van der Waals surface area contributed by atoms with Crippen LogP contribution in [-0.4, -0.2) is 17.7 Å². The van der Waals surface area contributed by atoms with Crippen molar-refractivity contribution >= 4 is 63.9 Å². The molecule has 0 unspecified atom stereocenters. The van der Waals surface area contributed by atoms with E-state index in [1.165, 1.54) is 0 Å². The van der Waals surface area contributed by atoms with Crippen molar-refractivity contribution in [2.45, 2.75) is 19.9 Å². The first kappa shape index (κ1) is 24.8. The average molecular weight is 529 g/mol. The molecule has 0 bridgehead atoms. The molecule has 35 heavy (non-hydrogen) atoms. The Bertz CT molecular complexity index is 1340. The highest BCUT2D eigenvalue weighted by atomic mass is 35.5. The number of benzene rings is 3. The molecule has 1 aliphatic rings. The number of halogens is 3. The number of amides is 3. The topological polar surface area (TPSA) is 78.5 Å². The van der Waals surface area contributed by atoms with Crippen LogP contribution in [0.2, 0.25) is 10.0 Å². The molecule has 4 rings (SSSR count).